The molecule has 0 unspecified atom stereocenters. The number of carboxylic acid groups (broad SMARTS) is 1. The van der Waals surface area contributed by atoms with E-state index in [0.29, 0.717) is 13.0 Å². The van der Waals surface area contributed by atoms with Crippen LogP contribution in [0, 0.1) is 13.8 Å². The number of imidazole rings is 1. The highest BCUT2D eigenvalue weighted by Crippen LogP contribution is 2.31. The van der Waals surface area contributed by atoms with Gasteiger partial charge in [0.1, 0.15) is 11.6 Å². The second-order valence-corrected chi connectivity index (χ2v) is 8.19. The molecule has 1 heterocycles. The summed E-state index contributed by atoms with van der Waals surface area (Å²) in [5, 5.41) is 8.75. The smallest absolute Gasteiger partial charge is 0.303 e. The van der Waals surface area contributed by atoms with E-state index in [1.54, 1.807) is 0 Å². The Morgan fingerprint density at radius 3 is 2.41 bits per heavy atom. The van der Waals surface area contributed by atoms with Gasteiger partial charge in [0.15, 0.2) is 0 Å². The van der Waals surface area contributed by atoms with Crippen molar-refractivity contribution in [2.45, 2.75) is 39.5 Å². The van der Waals surface area contributed by atoms with E-state index in [-0.39, 0.29) is 6.42 Å². The van der Waals surface area contributed by atoms with E-state index in [4.69, 9.17) is 14.8 Å². The Labute approximate surface area is 188 Å². The lowest BCUT2D eigenvalue weighted by Gasteiger charge is -2.12. The molecule has 1 aromatic heterocycles. The summed E-state index contributed by atoms with van der Waals surface area (Å²) in [5.74, 6) is 0.947. The molecule has 3 aromatic carbocycles. The number of ether oxygens (including phenoxy) is 1. The number of benzene rings is 3. The highest BCUT2D eigenvalue weighted by atomic mass is 16.5. The summed E-state index contributed by atoms with van der Waals surface area (Å²) in [6.45, 7) is 4.78. The largest absolute Gasteiger partial charge is 0.494 e. The van der Waals surface area contributed by atoms with E-state index >= 15 is 0 Å². The maximum atomic E-state index is 10.6. The highest BCUT2D eigenvalue weighted by Gasteiger charge is 2.15. The van der Waals surface area contributed by atoms with Crippen LogP contribution >= 0.6 is 0 Å². The third-order valence-electron chi connectivity index (χ3n) is 5.43. The molecule has 4 rings (SSSR count). The van der Waals surface area contributed by atoms with Gasteiger partial charge in [-0.2, -0.15) is 0 Å². The Morgan fingerprint density at radius 2 is 1.69 bits per heavy atom. The third kappa shape index (κ3) is 4.99. The van der Waals surface area contributed by atoms with Crippen molar-refractivity contribution < 1.29 is 14.6 Å². The topological polar surface area (TPSA) is 64.4 Å². The van der Waals surface area contributed by atoms with Crippen molar-refractivity contribution >= 4 is 17.0 Å². The number of aryl methyl sites for hydroxylation is 2. The van der Waals surface area contributed by atoms with Crippen LogP contribution in [0.15, 0.2) is 66.7 Å². The predicted octanol–water partition coefficient (Wildman–Crippen LogP) is 6.33. The van der Waals surface area contributed by atoms with Gasteiger partial charge in [0.25, 0.3) is 0 Å². The zero-order valence-electron chi connectivity index (χ0n) is 18.5. The second kappa shape index (κ2) is 9.69. The summed E-state index contributed by atoms with van der Waals surface area (Å²) in [6, 6.07) is 22.7. The number of aromatic nitrogens is 2. The monoisotopic (exact) mass is 428 g/mol. The van der Waals surface area contributed by atoms with Gasteiger partial charge in [-0.05, 0) is 68.5 Å². The summed E-state index contributed by atoms with van der Waals surface area (Å²) in [7, 11) is 0. The molecule has 164 valence electrons. The molecule has 0 aliphatic carbocycles. The fraction of sp³-hybridized carbons (Fsp3) is 0.259. The van der Waals surface area contributed by atoms with Gasteiger partial charge in [-0.1, -0.05) is 36.4 Å². The zero-order chi connectivity index (χ0) is 22.5. The van der Waals surface area contributed by atoms with Crippen molar-refractivity contribution in [1.29, 1.82) is 0 Å². The first-order valence-electron chi connectivity index (χ1n) is 11.0. The summed E-state index contributed by atoms with van der Waals surface area (Å²) in [5.41, 5.74) is 6.46. The lowest BCUT2D eigenvalue weighted by atomic mass is 10.1. The summed E-state index contributed by atoms with van der Waals surface area (Å²) >= 11 is 0. The van der Waals surface area contributed by atoms with E-state index < -0.39 is 5.97 Å². The maximum absolute atomic E-state index is 10.6. The molecular weight excluding hydrogens is 400 g/mol. The van der Waals surface area contributed by atoms with Crippen LogP contribution in [0.4, 0.5) is 0 Å². The van der Waals surface area contributed by atoms with Crippen molar-refractivity contribution in [2.75, 3.05) is 6.61 Å². The number of hydrogen-bond acceptors (Lipinski definition) is 3. The number of rotatable bonds is 9. The van der Waals surface area contributed by atoms with Crippen LogP contribution in [0.1, 0.15) is 36.8 Å². The zero-order valence-corrected chi connectivity index (χ0v) is 18.5. The van der Waals surface area contributed by atoms with E-state index in [2.05, 4.69) is 48.7 Å². The highest BCUT2D eigenvalue weighted by molar-refractivity contribution is 5.84. The predicted molar refractivity (Wildman–Crippen MR) is 128 cm³/mol. The minimum absolute atomic E-state index is 0.212. The van der Waals surface area contributed by atoms with Crippen LogP contribution < -0.4 is 4.74 Å². The number of carbonyl (C=O) groups is 1. The van der Waals surface area contributed by atoms with Crippen molar-refractivity contribution in [2.24, 2.45) is 0 Å². The van der Waals surface area contributed by atoms with Gasteiger partial charge >= 0.3 is 5.97 Å². The molecule has 1 N–H and O–H groups in total. The summed E-state index contributed by atoms with van der Waals surface area (Å²) in [4.78, 5) is 15.6. The number of nitrogens with zero attached hydrogens (tertiary/aromatic N) is 2. The number of unbranched alkanes of at least 4 members (excludes halogenated alkanes) is 2. The van der Waals surface area contributed by atoms with Gasteiger partial charge in [0, 0.05) is 23.7 Å². The van der Waals surface area contributed by atoms with Crippen LogP contribution in [0.3, 0.4) is 0 Å². The van der Waals surface area contributed by atoms with Gasteiger partial charge in [-0.3, -0.25) is 9.36 Å². The van der Waals surface area contributed by atoms with Crippen LogP contribution in [0.25, 0.3) is 28.1 Å². The fourth-order valence-electron chi connectivity index (χ4n) is 4.01. The van der Waals surface area contributed by atoms with Gasteiger partial charge < -0.3 is 9.84 Å². The molecule has 0 radical (unpaired) electrons. The van der Waals surface area contributed by atoms with Crippen LogP contribution in [-0.2, 0) is 4.79 Å². The first kappa shape index (κ1) is 21.6. The van der Waals surface area contributed by atoms with Crippen molar-refractivity contribution in [1.82, 2.24) is 9.55 Å². The minimum atomic E-state index is -0.745. The van der Waals surface area contributed by atoms with Gasteiger partial charge in [0.2, 0.25) is 0 Å². The third-order valence-corrected chi connectivity index (χ3v) is 5.43. The molecule has 32 heavy (non-hydrogen) atoms. The van der Waals surface area contributed by atoms with Gasteiger partial charge in [-0.15, -0.1) is 0 Å². The molecule has 5 nitrogen and oxygen atoms in total. The van der Waals surface area contributed by atoms with Crippen LogP contribution in [-0.4, -0.2) is 27.2 Å². The Kier molecular flexibility index (Phi) is 6.55. The van der Waals surface area contributed by atoms with Gasteiger partial charge in [0.05, 0.1) is 17.6 Å². The Bertz CT molecular complexity index is 1210. The van der Waals surface area contributed by atoms with Crippen molar-refractivity contribution in [3.05, 3.63) is 77.9 Å². The Morgan fingerprint density at radius 1 is 0.938 bits per heavy atom. The first-order valence-corrected chi connectivity index (χ1v) is 11.0. The van der Waals surface area contributed by atoms with E-state index in [1.165, 1.54) is 11.1 Å². The number of aliphatic carboxylic acids is 1. The quantitative estimate of drug-likeness (QED) is 0.316. The molecule has 0 aliphatic heterocycles. The molecule has 4 aromatic rings. The SMILES string of the molecule is Cc1cc(C)cc(-n2c(-c3ccccc3)nc3ccc(OCCCCCC(=O)O)cc32)c1. The average Bonchev–Trinajstić information content (AvgIpc) is 3.15. The lowest BCUT2D eigenvalue weighted by Crippen LogP contribution is -2.00. The van der Waals surface area contributed by atoms with E-state index in [1.807, 2.05) is 36.4 Å². The van der Waals surface area contributed by atoms with Crippen LogP contribution in [0.5, 0.6) is 5.75 Å². The van der Waals surface area contributed by atoms with E-state index in [9.17, 15) is 4.79 Å². The van der Waals surface area contributed by atoms with Crippen molar-refractivity contribution in [3.63, 3.8) is 0 Å². The lowest BCUT2D eigenvalue weighted by molar-refractivity contribution is -0.137. The molecule has 5 heteroatoms. The molecule has 0 saturated heterocycles. The van der Waals surface area contributed by atoms with E-state index in [0.717, 1.165) is 46.7 Å². The molecular formula is C27H28N2O3. The summed E-state index contributed by atoms with van der Waals surface area (Å²) in [6.07, 6.45) is 2.56. The molecule has 0 bridgehead atoms. The standard InChI is InChI=1S/C27H28N2O3/c1-19-15-20(2)17-22(16-19)29-25-18-23(32-14-8-4-7-11-26(30)31)12-13-24(25)28-27(29)21-9-5-3-6-10-21/h3,5-6,9-10,12-13,15-18H,4,7-8,11,14H2,1-2H3,(H,30,31). The first-order chi connectivity index (χ1) is 15.5. The molecule has 0 atom stereocenters. The van der Waals surface area contributed by atoms with Crippen molar-refractivity contribution in [3.8, 4) is 22.8 Å². The average molecular weight is 429 g/mol. The number of carboxylic acids is 1. The second-order valence-electron chi connectivity index (χ2n) is 8.19. The normalized spacial score (nSPS) is 11.1. The molecule has 0 saturated carbocycles. The maximum Gasteiger partial charge on any atom is 0.303 e. The molecule has 0 spiro atoms. The van der Waals surface area contributed by atoms with Crippen LogP contribution in [0.2, 0.25) is 0 Å². The molecule has 0 amide bonds. The number of fused-ring (bicyclic) bond motifs is 1. The summed E-state index contributed by atoms with van der Waals surface area (Å²) < 4.78 is 8.18. The molecule has 0 fully saturated rings. The molecule has 0 aliphatic rings. The Hall–Kier alpha value is -3.60. The van der Waals surface area contributed by atoms with Gasteiger partial charge in [-0.25, -0.2) is 4.98 Å². The minimum Gasteiger partial charge on any atom is -0.494 e. The Balaban J connectivity index is 1.68. The number of hydrogen-bond donors (Lipinski definition) is 1. The fourth-order valence-corrected chi connectivity index (χ4v) is 4.01.